The predicted octanol–water partition coefficient (Wildman–Crippen LogP) is 1.18. The number of allylic oxidation sites excluding steroid dienone is 2. The Morgan fingerprint density at radius 3 is 1.83 bits per heavy atom. The Hall–Kier alpha value is -2.88. The molecule has 0 spiro atoms. The normalized spacial score (nSPS) is 26.7. The van der Waals surface area contributed by atoms with Crippen LogP contribution >= 0.6 is 0 Å². The first kappa shape index (κ1) is 24.2. The average Bonchev–Trinajstić information content (AvgIpc) is 2.60. The van der Waals surface area contributed by atoms with Crippen LogP contribution in [0.5, 0.6) is 0 Å². The minimum Gasteiger partial charge on any atom is -0.468 e. The zero-order valence-corrected chi connectivity index (χ0v) is 17.0. The largest absolute Gasteiger partial charge is 0.468 e. The van der Waals surface area contributed by atoms with Gasteiger partial charge in [0.25, 0.3) is 0 Å². The van der Waals surface area contributed by atoms with Crippen LogP contribution in [0, 0.1) is 0 Å². The monoisotopic (exact) mass is 414 g/mol. The summed E-state index contributed by atoms with van der Waals surface area (Å²) in [6, 6.07) is 0. The van der Waals surface area contributed by atoms with E-state index in [1.165, 1.54) is 19.3 Å². The standard InChI is InChI=1S/C19H26O10/c1-7-10(2)8-25-19-18(28-14(6)23)17(27-13(5)22)16(26-12(4)21)15(29-19)9-24-11(3)20/h7-8,15-19H,1,9H2,2-6H3/b10-8+/t15-,16-,17+,18-,19-/m1/s1. The zero-order chi connectivity index (χ0) is 22.1. The molecule has 0 unspecified atom stereocenters. The van der Waals surface area contributed by atoms with E-state index in [1.54, 1.807) is 6.92 Å². The van der Waals surface area contributed by atoms with Gasteiger partial charge < -0.3 is 28.4 Å². The SMILES string of the molecule is C=C/C(C)=C/O[C@@H]1O[C@H](COC(C)=O)[C@@H](OC(C)=O)[C@H](OC(C)=O)[C@H]1OC(C)=O. The van der Waals surface area contributed by atoms with Crippen LogP contribution in [0.2, 0.25) is 0 Å². The van der Waals surface area contributed by atoms with Crippen LogP contribution in [0.1, 0.15) is 34.6 Å². The average molecular weight is 414 g/mol. The topological polar surface area (TPSA) is 124 Å². The van der Waals surface area contributed by atoms with Crippen molar-refractivity contribution < 1.29 is 47.6 Å². The van der Waals surface area contributed by atoms with Crippen molar-refractivity contribution in [3.8, 4) is 0 Å². The first-order chi connectivity index (χ1) is 13.5. The lowest BCUT2D eigenvalue weighted by Crippen LogP contribution is -2.62. The third-order valence-electron chi connectivity index (χ3n) is 3.66. The number of ether oxygens (including phenoxy) is 6. The molecule has 10 nitrogen and oxygen atoms in total. The van der Waals surface area contributed by atoms with E-state index in [2.05, 4.69) is 6.58 Å². The Morgan fingerprint density at radius 1 is 0.828 bits per heavy atom. The number of hydrogen-bond acceptors (Lipinski definition) is 10. The van der Waals surface area contributed by atoms with E-state index in [0.717, 1.165) is 20.8 Å². The van der Waals surface area contributed by atoms with Crippen LogP contribution in [0.4, 0.5) is 0 Å². The molecule has 0 aliphatic carbocycles. The minimum atomic E-state index is -1.27. The second-order valence-electron chi connectivity index (χ2n) is 6.27. The maximum atomic E-state index is 11.7. The molecule has 0 bridgehead atoms. The van der Waals surface area contributed by atoms with Crippen LogP contribution in [-0.4, -0.2) is 61.2 Å². The molecule has 1 rings (SSSR count). The van der Waals surface area contributed by atoms with E-state index in [1.807, 2.05) is 0 Å². The molecular formula is C19H26O10. The van der Waals surface area contributed by atoms with Crippen LogP contribution < -0.4 is 0 Å². The molecule has 0 aromatic rings. The van der Waals surface area contributed by atoms with Gasteiger partial charge >= 0.3 is 23.9 Å². The van der Waals surface area contributed by atoms with Gasteiger partial charge in [0.05, 0.1) is 6.26 Å². The Balaban J connectivity index is 3.33. The third kappa shape index (κ3) is 7.94. The lowest BCUT2D eigenvalue weighted by molar-refractivity contribution is -0.297. The second kappa shape index (κ2) is 11.2. The second-order valence-corrected chi connectivity index (χ2v) is 6.27. The lowest BCUT2D eigenvalue weighted by atomic mass is 9.98. The van der Waals surface area contributed by atoms with E-state index in [-0.39, 0.29) is 6.61 Å². The fraction of sp³-hybridized carbons (Fsp3) is 0.579. The smallest absolute Gasteiger partial charge is 0.303 e. The third-order valence-corrected chi connectivity index (χ3v) is 3.66. The van der Waals surface area contributed by atoms with Crippen LogP contribution in [0.15, 0.2) is 24.5 Å². The Kier molecular flexibility index (Phi) is 9.33. The number of rotatable bonds is 8. The molecule has 1 heterocycles. The van der Waals surface area contributed by atoms with Crippen molar-refractivity contribution in [3.63, 3.8) is 0 Å². The fourth-order valence-corrected chi connectivity index (χ4v) is 2.52. The molecule has 5 atom stereocenters. The quantitative estimate of drug-likeness (QED) is 0.247. The van der Waals surface area contributed by atoms with Crippen LogP contribution in [0.3, 0.4) is 0 Å². The summed E-state index contributed by atoms with van der Waals surface area (Å²) in [5, 5.41) is 0. The van der Waals surface area contributed by atoms with Gasteiger partial charge in [-0.1, -0.05) is 12.7 Å². The molecule has 1 aliphatic rings. The number of carbonyl (C=O) groups excluding carboxylic acids is 4. The van der Waals surface area contributed by atoms with Gasteiger partial charge in [0.2, 0.25) is 12.4 Å². The summed E-state index contributed by atoms with van der Waals surface area (Å²) in [6.45, 7) is 9.62. The Labute approximate surface area is 168 Å². The summed E-state index contributed by atoms with van der Waals surface area (Å²) in [7, 11) is 0. The lowest BCUT2D eigenvalue weighted by Gasteiger charge is -2.43. The van der Waals surface area contributed by atoms with E-state index in [4.69, 9.17) is 28.4 Å². The van der Waals surface area contributed by atoms with Crippen molar-refractivity contribution in [1.82, 2.24) is 0 Å². The van der Waals surface area contributed by atoms with Crippen molar-refractivity contribution in [3.05, 3.63) is 24.5 Å². The first-order valence-corrected chi connectivity index (χ1v) is 8.80. The first-order valence-electron chi connectivity index (χ1n) is 8.80. The van der Waals surface area contributed by atoms with E-state index < -0.39 is 54.6 Å². The van der Waals surface area contributed by atoms with Crippen molar-refractivity contribution in [2.24, 2.45) is 0 Å². The van der Waals surface area contributed by atoms with Gasteiger partial charge in [-0.3, -0.25) is 19.2 Å². The molecule has 0 saturated carbocycles. The maximum absolute atomic E-state index is 11.7. The van der Waals surface area contributed by atoms with Gasteiger partial charge in [-0.25, -0.2) is 0 Å². The predicted molar refractivity (Wildman–Crippen MR) is 97.0 cm³/mol. The van der Waals surface area contributed by atoms with Crippen LogP contribution in [0.25, 0.3) is 0 Å². The van der Waals surface area contributed by atoms with E-state index >= 15 is 0 Å². The number of hydrogen-bond donors (Lipinski definition) is 0. The highest BCUT2D eigenvalue weighted by atomic mass is 16.7. The Bertz CT molecular complexity index is 668. The fourth-order valence-electron chi connectivity index (χ4n) is 2.52. The summed E-state index contributed by atoms with van der Waals surface area (Å²) >= 11 is 0. The van der Waals surface area contributed by atoms with Crippen molar-refractivity contribution in [2.75, 3.05) is 6.61 Å². The molecule has 0 radical (unpaired) electrons. The zero-order valence-electron chi connectivity index (χ0n) is 17.0. The molecule has 1 aliphatic heterocycles. The summed E-state index contributed by atoms with van der Waals surface area (Å²) in [5.41, 5.74) is 0.637. The maximum Gasteiger partial charge on any atom is 0.303 e. The van der Waals surface area contributed by atoms with Gasteiger partial charge in [0.15, 0.2) is 12.2 Å². The summed E-state index contributed by atoms with van der Waals surface area (Å²) < 4.78 is 32.0. The Morgan fingerprint density at radius 2 is 1.34 bits per heavy atom. The molecule has 162 valence electrons. The molecule has 0 N–H and O–H groups in total. The summed E-state index contributed by atoms with van der Waals surface area (Å²) in [4.78, 5) is 46.1. The van der Waals surface area contributed by atoms with Gasteiger partial charge in [0, 0.05) is 27.7 Å². The van der Waals surface area contributed by atoms with Gasteiger partial charge in [-0.15, -0.1) is 0 Å². The van der Waals surface area contributed by atoms with Crippen molar-refractivity contribution in [2.45, 2.75) is 65.3 Å². The van der Waals surface area contributed by atoms with Crippen molar-refractivity contribution in [1.29, 1.82) is 0 Å². The molecule has 29 heavy (non-hydrogen) atoms. The highest BCUT2D eigenvalue weighted by Crippen LogP contribution is 2.30. The van der Waals surface area contributed by atoms with Crippen molar-refractivity contribution >= 4 is 23.9 Å². The van der Waals surface area contributed by atoms with Gasteiger partial charge in [-0.2, -0.15) is 0 Å². The van der Waals surface area contributed by atoms with Crippen LogP contribution in [-0.2, 0) is 47.6 Å². The molecule has 0 amide bonds. The molecule has 0 aromatic carbocycles. The molecule has 1 saturated heterocycles. The minimum absolute atomic E-state index is 0.318. The molecular weight excluding hydrogens is 388 g/mol. The summed E-state index contributed by atoms with van der Waals surface area (Å²) in [5.74, 6) is -2.71. The van der Waals surface area contributed by atoms with Gasteiger partial charge in [0.1, 0.15) is 12.7 Å². The van der Waals surface area contributed by atoms with E-state index in [0.29, 0.717) is 5.57 Å². The molecule has 10 heteroatoms. The summed E-state index contributed by atoms with van der Waals surface area (Å²) in [6.07, 6.45) is -3.21. The number of carbonyl (C=O) groups is 4. The highest BCUT2D eigenvalue weighted by Gasteiger charge is 2.53. The highest BCUT2D eigenvalue weighted by molar-refractivity contribution is 5.68. The molecule has 0 aromatic heterocycles. The van der Waals surface area contributed by atoms with E-state index in [9.17, 15) is 19.2 Å². The number of esters is 4. The van der Waals surface area contributed by atoms with Gasteiger partial charge in [-0.05, 0) is 12.5 Å². The molecule has 1 fully saturated rings.